The number of carbonyl (C=O) groups excluding carboxylic acids is 1. The van der Waals surface area contributed by atoms with Crippen LogP contribution in [-0.2, 0) is 30.4 Å². The Morgan fingerprint density at radius 2 is 1.95 bits per heavy atom. The van der Waals surface area contributed by atoms with Gasteiger partial charge in [-0.1, -0.05) is 0 Å². The maximum absolute atomic E-state index is 11.0. The van der Waals surface area contributed by atoms with E-state index in [0.717, 1.165) is 6.26 Å². The molecule has 1 rings (SSSR count). The Hall–Kier alpha value is -1.80. The molecule has 0 N–H and O–H groups in total. The number of rotatable bonds is 7. The van der Waals surface area contributed by atoms with Crippen molar-refractivity contribution in [2.75, 3.05) is 27.1 Å². The molecular weight excluding hydrogens is 288 g/mol. The van der Waals surface area contributed by atoms with Gasteiger partial charge in [-0.15, -0.1) is 0 Å². The SMILES string of the molecule is COC(=O)COc1ccc(COS(C)(=O)=O)c(OC)c1. The predicted molar refractivity (Wildman–Crippen MR) is 70.1 cm³/mol. The summed E-state index contributed by atoms with van der Waals surface area (Å²) in [5.74, 6) is 0.292. The van der Waals surface area contributed by atoms with Gasteiger partial charge in [-0.05, 0) is 12.1 Å². The van der Waals surface area contributed by atoms with Crippen LogP contribution in [0.2, 0.25) is 0 Å². The molecule has 0 bridgehead atoms. The van der Waals surface area contributed by atoms with Crippen molar-refractivity contribution < 1.29 is 31.6 Å². The minimum atomic E-state index is -3.53. The lowest BCUT2D eigenvalue weighted by atomic mass is 10.2. The second-order valence-electron chi connectivity index (χ2n) is 3.80. The summed E-state index contributed by atoms with van der Waals surface area (Å²) in [6, 6.07) is 4.70. The zero-order valence-corrected chi connectivity index (χ0v) is 12.2. The van der Waals surface area contributed by atoms with Gasteiger partial charge in [-0.2, -0.15) is 8.42 Å². The summed E-state index contributed by atoms with van der Waals surface area (Å²) in [5, 5.41) is 0. The van der Waals surface area contributed by atoms with E-state index in [1.165, 1.54) is 20.3 Å². The lowest BCUT2D eigenvalue weighted by Crippen LogP contribution is -2.12. The zero-order chi connectivity index (χ0) is 15.2. The maximum Gasteiger partial charge on any atom is 0.343 e. The molecule has 0 aliphatic rings. The van der Waals surface area contributed by atoms with E-state index in [9.17, 15) is 13.2 Å². The van der Waals surface area contributed by atoms with Crippen molar-refractivity contribution in [1.82, 2.24) is 0 Å². The van der Waals surface area contributed by atoms with E-state index in [0.29, 0.717) is 17.1 Å². The number of esters is 1. The quantitative estimate of drug-likeness (QED) is 0.542. The van der Waals surface area contributed by atoms with Crippen molar-refractivity contribution in [3.63, 3.8) is 0 Å². The van der Waals surface area contributed by atoms with Crippen molar-refractivity contribution in [2.24, 2.45) is 0 Å². The summed E-state index contributed by atoms with van der Waals surface area (Å²) in [5.41, 5.74) is 0.545. The van der Waals surface area contributed by atoms with Crippen LogP contribution in [0, 0.1) is 0 Å². The van der Waals surface area contributed by atoms with Crippen molar-refractivity contribution >= 4 is 16.1 Å². The van der Waals surface area contributed by atoms with Gasteiger partial charge in [-0.3, -0.25) is 4.18 Å². The first-order valence-corrected chi connectivity index (χ1v) is 7.38. The highest BCUT2D eigenvalue weighted by atomic mass is 32.2. The summed E-state index contributed by atoms with van der Waals surface area (Å²) in [6.07, 6.45) is 0.966. The molecule has 0 fully saturated rings. The van der Waals surface area contributed by atoms with Gasteiger partial charge >= 0.3 is 5.97 Å². The minimum absolute atomic E-state index is 0.140. The molecule has 8 heteroatoms. The summed E-state index contributed by atoms with van der Waals surface area (Å²) in [6.45, 7) is -0.363. The Morgan fingerprint density at radius 3 is 2.50 bits per heavy atom. The van der Waals surface area contributed by atoms with Gasteiger partial charge in [0.2, 0.25) is 0 Å². The largest absolute Gasteiger partial charge is 0.496 e. The van der Waals surface area contributed by atoms with Crippen molar-refractivity contribution in [3.8, 4) is 11.5 Å². The van der Waals surface area contributed by atoms with Gasteiger partial charge in [0.05, 0.1) is 27.1 Å². The molecule has 0 saturated heterocycles. The van der Waals surface area contributed by atoms with E-state index in [-0.39, 0.29) is 13.2 Å². The van der Waals surface area contributed by atoms with Gasteiger partial charge in [0, 0.05) is 11.6 Å². The summed E-state index contributed by atoms with van der Waals surface area (Å²) >= 11 is 0. The highest BCUT2D eigenvalue weighted by Gasteiger charge is 2.10. The Balaban J connectivity index is 2.77. The number of hydrogen-bond acceptors (Lipinski definition) is 7. The van der Waals surface area contributed by atoms with Gasteiger partial charge < -0.3 is 14.2 Å². The molecule has 0 aliphatic heterocycles. The summed E-state index contributed by atoms with van der Waals surface area (Å²) < 4.78 is 41.3. The van der Waals surface area contributed by atoms with Crippen LogP contribution in [0.5, 0.6) is 11.5 Å². The van der Waals surface area contributed by atoms with Crippen LogP contribution < -0.4 is 9.47 Å². The van der Waals surface area contributed by atoms with E-state index in [1.807, 2.05) is 0 Å². The Kier molecular flexibility index (Phi) is 5.78. The predicted octanol–water partition coefficient (Wildman–Crippen LogP) is 0.723. The van der Waals surface area contributed by atoms with Crippen LogP contribution in [-0.4, -0.2) is 41.5 Å². The molecule has 0 heterocycles. The highest BCUT2D eigenvalue weighted by Crippen LogP contribution is 2.25. The first-order valence-electron chi connectivity index (χ1n) is 5.56. The fraction of sp³-hybridized carbons (Fsp3) is 0.417. The van der Waals surface area contributed by atoms with Crippen LogP contribution >= 0.6 is 0 Å². The first-order chi connectivity index (χ1) is 9.35. The lowest BCUT2D eigenvalue weighted by molar-refractivity contribution is -0.142. The molecule has 1 aromatic carbocycles. The van der Waals surface area contributed by atoms with E-state index in [2.05, 4.69) is 4.74 Å². The number of hydrogen-bond donors (Lipinski definition) is 0. The van der Waals surface area contributed by atoms with Crippen molar-refractivity contribution in [3.05, 3.63) is 23.8 Å². The molecular formula is C12H16O7S. The molecule has 1 aromatic rings. The van der Waals surface area contributed by atoms with E-state index in [4.69, 9.17) is 13.7 Å². The third-order valence-corrected chi connectivity index (χ3v) is 2.82. The second kappa shape index (κ2) is 7.11. The van der Waals surface area contributed by atoms with Gasteiger partial charge in [0.1, 0.15) is 11.5 Å². The molecule has 7 nitrogen and oxygen atoms in total. The third-order valence-electron chi connectivity index (χ3n) is 2.27. The van der Waals surface area contributed by atoms with Crippen LogP contribution in [0.1, 0.15) is 5.56 Å². The molecule has 20 heavy (non-hydrogen) atoms. The van der Waals surface area contributed by atoms with Crippen LogP contribution in [0.15, 0.2) is 18.2 Å². The van der Waals surface area contributed by atoms with E-state index >= 15 is 0 Å². The standard InChI is InChI=1S/C12H16O7S/c1-16-11-6-10(18-8-12(13)17-2)5-4-9(11)7-19-20(3,14)15/h4-6H,7-8H2,1-3H3. The highest BCUT2D eigenvalue weighted by molar-refractivity contribution is 7.85. The van der Waals surface area contributed by atoms with Crippen molar-refractivity contribution in [1.29, 1.82) is 0 Å². The Morgan fingerprint density at radius 1 is 1.25 bits per heavy atom. The van der Waals surface area contributed by atoms with Crippen molar-refractivity contribution in [2.45, 2.75) is 6.61 Å². The fourth-order valence-electron chi connectivity index (χ4n) is 1.31. The monoisotopic (exact) mass is 304 g/mol. The second-order valence-corrected chi connectivity index (χ2v) is 5.45. The van der Waals surface area contributed by atoms with Crippen LogP contribution in [0.4, 0.5) is 0 Å². The Bertz CT molecular complexity index is 565. The maximum atomic E-state index is 11.0. The first kappa shape index (κ1) is 16.3. The van der Waals surface area contributed by atoms with Gasteiger partial charge in [0.25, 0.3) is 10.1 Å². The molecule has 0 atom stereocenters. The molecule has 0 saturated carbocycles. The summed E-state index contributed by atoms with van der Waals surface area (Å²) in [7, 11) is -0.835. The molecule has 0 aliphatic carbocycles. The minimum Gasteiger partial charge on any atom is -0.496 e. The number of carbonyl (C=O) groups is 1. The van der Waals surface area contributed by atoms with Gasteiger partial charge in [0.15, 0.2) is 6.61 Å². The Labute approximate surface area is 117 Å². The molecule has 0 amide bonds. The fourth-order valence-corrected chi connectivity index (χ4v) is 1.65. The number of methoxy groups -OCH3 is 2. The number of ether oxygens (including phenoxy) is 3. The lowest BCUT2D eigenvalue weighted by Gasteiger charge is -2.11. The number of benzene rings is 1. The smallest absolute Gasteiger partial charge is 0.343 e. The molecule has 0 spiro atoms. The van der Waals surface area contributed by atoms with E-state index in [1.54, 1.807) is 12.1 Å². The topological polar surface area (TPSA) is 88.1 Å². The normalized spacial score (nSPS) is 10.9. The average molecular weight is 304 g/mol. The summed E-state index contributed by atoms with van der Waals surface area (Å²) in [4.78, 5) is 11.0. The van der Waals surface area contributed by atoms with Crippen LogP contribution in [0.3, 0.4) is 0 Å². The molecule has 0 radical (unpaired) electrons. The van der Waals surface area contributed by atoms with Gasteiger partial charge in [-0.25, -0.2) is 4.79 Å². The molecule has 0 unspecified atom stereocenters. The van der Waals surface area contributed by atoms with E-state index < -0.39 is 16.1 Å². The van der Waals surface area contributed by atoms with Crippen LogP contribution in [0.25, 0.3) is 0 Å². The molecule has 0 aromatic heterocycles. The average Bonchev–Trinajstić information content (AvgIpc) is 2.41. The zero-order valence-electron chi connectivity index (χ0n) is 11.4. The molecule has 112 valence electrons. The third kappa shape index (κ3) is 5.45.